The predicted octanol–water partition coefficient (Wildman–Crippen LogP) is 3.23. The molecule has 0 unspecified atom stereocenters. The third kappa shape index (κ3) is 11.7. The summed E-state index contributed by atoms with van der Waals surface area (Å²) in [4.78, 5) is 12.4. The molecule has 0 aromatic heterocycles. The quantitative estimate of drug-likeness (QED) is 0.367. The van der Waals surface area contributed by atoms with Gasteiger partial charge in [-0.3, -0.25) is 4.79 Å². The van der Waals surface area contributed by atoms with E-state index in [9.17, 15) is 4.79 Å². The second-order valence-corrected chi connectivity index (χ2v) is 4.47. The Hall–Kier alpha value is -0.570. The third-order valence-electron chi connectivity index (χ3n) is 3.20. The summed E-state index contributed by atoms with van der Waals surface area (Å²) in [5, 5.41) is 0. The minimum Gasteiger partial charge on any atom is -0.468 e. The molecule has 0 aliphatic heterocycles. The Kier molecular flexibility index (Phi) is 13.0. The van der Waals surface area contributed by atoms with Crippen molar-refractivity contribution in [3.63, 3.8) is 0 Å². The van der Waals surface area contributed by atoms with Crippen LogP contribution in [0.5, 0.6) is 0 Å². The van der Waals surface area contributed by atoms with Gasteiger partial charge < -0.3 is 9.64 Å². The highest BCUT2D eigenvalue weighted by molar-refractivity contribution is 5.36. The van der Waals surface area contributed by atoms with Gasteiger partial charge in [-0.15, -0.1) is 0 Å². The highest BCUT2D eigenvalue weighted by atomic mass is 16.5. The molecule has 102 valence electrons. The number of carbonyl (C=O) groups is 1. The lowest BCUT2D eigenvalue weighted by Crippen LogP contribution is -2.23. The van der Waals surface area contributed by atoms with E-state index < -0.39 is 0 Å². The maximum Gasteiger partial charge on any atom is 0.293 e. The highest BCUT2D eigenvalue weighted by Gasteiger charge is 1.98. The number of hydrogen-bond acceptors (Lipinski definition) is 3. The van der Waals surface area contributed by atoms with E-state index in [1.807, 2.05) is 0 Å². The van der Waals surface area contributed by atoms with Crippen molar-refractivity contribution in [1.29, 1.82) is 0 Å². The Morgan fingerprint density at radius 2 is 1.41 bits per heavy atom. The molecule has 0 N–H and O–H groups in total. The molecular weight excluding hydrogens is 214 g/mol. The molecule has 0 bridgehead atoms. The first kappa shape index (κ1) is 16.4. The molecule has 17 heavy (non-hydrogen) atoms. The average molecular weight is 243 g/mol. The molecule has 0 aromatic rings. The third-order valence-corrected chi connectivity index (χ3v) is 3.20. The maximum absolute atomic E-state index is 9.89. The van der Waals surface area contributed by atoms with Gasteiger partial charge in [0.25, 0.3) is 6.47 Å². The van der Waals surface area contributed by atoms with Crippen LogP contribution in [0.2, 0.25) is 0 Å². The van der Waals surface area contributed by atoms with Crippen LogP contribution in [0.15, 0.2) is 0 Å². The van der Waals surface area contributed by atoms with Crippen LogP contribution < -0.4 is 0 Å². The largest absolute Gasteiger partial charge is 0.468 e. The van der Waals surface area contributed by atoms with Crippen LogP contribution in [0.25, 0.3) is 0 Å². The van der Waals surface area contributed by atoms with E-state index in [0.29, 0.717) is 13.1 Å². The van der Waals surface area contributed by atoms with Crippen molar-refractivity contribution in [2.24, 2.45) is 0 Å². The molecule has 0 atom stereocenters. The zero-order chi connectivity index (χ0) is 12.8. The monoisotopic (exact) mass is 243 g/mol. The number of nitrogens with zero attached hydrogens (tertiary/aromatic N) is 1. The molecule has 0 heterocycles. The second kappa shape index (κ2) is 13.5. The summed E-state index contributed by atoms with van der Waals surface area (Å²) in [5.74, 6) is 0. The van der Waals surface area contributed by atoms with Crippen molar-refractivity contribution in [3.8, 4) is 0 Å². The van der Waals surface area contributed by atoms with Crippen molar-refractivity contribution in [3.05, 3.63) is 0 Å². The van der Waals surface area contributed by atoms with Crippen molar-refractivity contribution in [1.82, 2.24) is 4.90 Å². The molecule has 0 aliphatic rings. The summed E-state index contributed by atoms with van der Waals surface area (Å²) in [7, 11) is 0. The normalized spacial score (nSPS) is 10.8. The lowest BCUT2D eigenvalue weighted by molar-refractivity contribution is -0.128. The lowest BCUT2D eigenvalue weighted by atomic mass is 10.1. The van der Waals surface area contributed by atoms with Crippen LogP contribution in [-0.4, -0.2) is 37.6 Å². The van der Waals surface area contributed by atoms with Crippen LogP contribution >= 0.6 is 0 Å². The van der Waals surface area contributed by atoms with E-state index in [0.717, 1.165) is 6.42 Å². The molecule has 0 spiro atoms. The van der Waals surface area contributed by atoms with Crippen LogP contribution in [0, 0.1) is 0 Å². The van der Waals surface area contributed by atoms with Gasteiger partial charge in [-0.25, -0.2) is 0 Å². The van der Waals surface area contributed by atoms with Crippen LogP contribution in [0.1, 0.15) is 58.8 Å². The Bertz CT molecular complexity index is 158. The number of hydrogen-bond donors (Lipinski definition) is 0. The zero-order valence-corrected chi connectivity index (χ0v) is 11.6. The second-order valence-electron chi connectivity index (χ2n) is 4.47. The van der Waals surface area contributed by atoms with E-state index in [-0.39, 0.29) is 0 Å². The fraction of sp³-hybridized carbons (Fsp3) is 0.929. The summed E-state index contributed by atoms with van der Waals surface area (Å²) in [6.45, 7) is 9.18. The minimum atomic E-state index is 0.535. The van der Waals surface area contributed by atoms with Gasteiger partial charge in [0, 0.05) is 0 Å². The van der Waals surface area contributed by atoms with E-state index in [4.69, 9.17) is 0 Å². The molecule has 3 nitrogen and oxygen atoms in total. The molecule has 3 heteroatoms. The predicted molar refractivity (Wildman–Crippen MR) is 72.1 cm³/mol. The van der Waals surface area contributed by atoms with E-state index in [2.05, 4.69) is 23.5 Å². The summed E-state index contributed by atoms with van der Waals surface area (Å²) in [5.41, 5.74) is 0. The summed E-state index contributed by atoms with van der Waals surface area (Å²) in [6, 6.07) is 0. The van der Waals surface area contributed by atoms with Gasteiger partial charge >= 0.3 is 0 Å². The molecular formula is C14H29NO2. The summed E-state index contributed by atoms with van der Waals surface area (Å²) < 4.78 is 4.64. The lowest BCUT2D eigenvalue weighted by Gasteiger charge is -2.17. The van der Waals surface area contributed by atoms with Gasteiger partial charge in [-0.2, -0.15) is 0 Å². The Morgan fingerprint density at radius 3 is 1.94 bits per heavy atom. The van der Waals surface area contributed by atoms with Crippen molar-refractivity contribution in [2.75, 3.05) is 26.2 Å². The smallest absolute Gasteiger partial charge is 0.293 e. The number of carbonyl (C=O) groups excluding carboxylic acids is 1. The first-order valence-electron chi connectivity index (χ1n) is 7.12. The van der Waals surface area contributed by atoms with Gasteiger partial charge in [0.1, 0.15) is 0 Å². The highest BCUT2D eigenvalue weighted by Crippen LogP contribution is 2.07. The summed E-state index contributed by atoms with van der Waals surface area (Å²) >= 11 is 0. The van der Waals surface area contributed by atoms with Gasteiger partial charge in [0.05, 0.1) is 6.61 Å². The Morgan fingerprint density at radius 1 is 0.882 bits per heavy atom. The fourth-order valence-corrected chi connectivity index (χ4v) is 1.99. The first-order chi connectivity index (χ1) is 8.35. The molecule has 0 radical (unpaired) electrons. The molecule has 0 saturated heterocycles. The average Bonchev–Trinajstić information content (AvgIpc) is 2.36. The molecule has 0 saturated carbocycles. The Balaban J connectivity index is 3.05. The maximum atomic E-state index is 9.89. The van der Waals surface area contributed by atoms with Crippen LogP contribution in [0.3, 0.4) is 0 Å². The van der Waals surface area contributed by atoms with Crippen molar-refractivity contribution in [2.45, 2.75) is 58.8 Å². The molecule has 0 rings (SSSR count). The molecule has 0 amide bonds. The Labute approximate surface area is 107 Å². The first-order valence-corrected chi connectivity index (χ1v) is 7.12. The van der Waals surface area contributed by atoms with E-state index in [1.165, 1.54) is 58.2 Å². The van der Waals surface area contributed by atoms with E-state index in [1.54, 1.807) is 0 Å². The molecule has 0 fully saturated rings. The van der Waals surface area contributed by atoms with Crippen molar-refractivity contribution < 1.29 is 9.53 Å². The van der Waals surface area contributed by atoms with E-state index >= 15 is 0 Å². The molecule has 0 aromatic carbocycles. The van der Waals surface area contributed by atoms with Crippen LogP contribution in [-0.2, 0) is 9.53 Å². The standard InChI is InChI=1S/C14H29NO2/c1-3-15(4-2)12-10-8-6-5-7-9-11-13-17-14-16/h14H,3-13H2,1-2H3. The number of rotatable bonds is 13. The molecule has 0 aliphatic carbocycles. The SMILES string of the molecule is CCN(CC)CCCCCCCCCOC=O. The van der Waals surface area contributed by atoms with Gasteiger partial charge in [0.15, 0.2) is 0 Å². The zero-order valence-electron chi connectivity index (χ0n) is 11.6. The van der Waals surface area contributed by atoms with Gasteiger partial charge in [-0.05, 0) is 32.5 Å². The topological polar surface area (TPSA) is 29.5 Å². The fourth-order valence-electron chi connectivity index (χ4n) is 1.99. The van der Waals surface area contributed by atoms with Gasteiger partial charge in [-0.1, -0.05) is 46.0 Å². The minimum absolute atomic E-state index is 0.535. The number of unbranched alkanes of at least 4 members (excludes halogenated alkanes) is 6. The van der Waals surface area contributed by atoms with Gasteiger partial charge in [0.2, 0.25) is 0 Å². The van der Waals surface area contributed by atoms with Crippen molar-refractivity contribution >= 4 is 6.47 Å². The van der Waals surface area contributed by atoms with Crippen LogP contribution in [0.4, 0.5) is 0 Å². The summed E-state index contributed by atoms with van der Waals surface area (Å²) in [6.07, 6.45) is 8.81. The number of ether oxygens (including phenoxy) is 1.